The number of hydrogen-bond acceptors (Lipinski definition) is 2. The molecule has 0 saturated carbocycles. The van der Waals surface area contributed by atoms with Crippen molar-refractivity contribution in [3.05, 3.63) is 27.2 Å². The molecular weight excluding hydrogens is 235 g/mol. The second kappa shape index (κ2) is 4.03. The predicted octanol–water partition coefficient (Wildman–Crippen LogP) is 3.52. The average molecular weight is 245 g/mol. The van der Waals surface area contributed by atoms with Gasteiger partial charge in [-0.25, -0.2) is 0 Å². The molecular formula is C11H10Cl2O2. The minimum atomic E-state index is 0.119. The summed E-state index contributed by atoms with van der Waals surface area (Å²) in [6.45, 7) is 0. The molecule has 0 amide bonds. The van der Waals surface area contributed by atoms with Gasteiger partial charge in [-0.3, -0.25) is 4.79 Å². The van der Waals surface area contributed by atoms with Gasteiger partial charge in [0.05, 0.1) is 12.1 Å². The Labute approximate surface area is 98.1 Å². The third-order valence-corrected chi connectivity index (χ3v) is 3.51. The van der Waals surface area contributed by atoms with Crippen LogP contribution in [-0.4, -0.2) is 12.9 Å². The van der Waals surface area contributed by atoms with Gasteiger partial charge in [0.15, 0.2) is 5.78 Å². The maximum absolute atomic E-state index is 11.7. The Morgan fingerprint density at radius 3 is 2.67 bits per heavy atom. The fourth-order valence-electron chi connectivity index (χ4n) is 1.84. The van der Waals surface area contributed by atoms with Crippen LogP contribution in [0.15, 0.2) is 6.07 Å². The first-order valence-electron chi connectivity index (χ1n) is 4.73. The van der Waals surface area contributed by atoms with Crippen molar-refractivity contribution in [2.45, 2.75) is 19.3 Å². The Morgan fingerprint density at radius 2 is 2.00 bits per heavy atom. The zero-order valence-corrected chi connectivity index (χ0v) is 9.78. The first-order valence-corrected chi connectivity index (χ1v) is 5.48. The molecule has 0 N–H and O–H groups in total. The van der Waals surface area contributed by atoms with Crippen molar-refractivity contribution in [3.63, 3.8) is 0 Å². The maximum Gasteiger partial charge on any atom is 0.163 e. The van der Waals surface area contributed by atoms with E-state index < -0.39 is 0 Å². The Hall–Kier alpha value is -0.730. The molecule has 0 aliphatic heterocycles. The van der Waals surface area contributed by atoms with Crippen LogP contribution in [0.1, 0.15) is 28.8 Å². The second-order valence-corrected chi connectivity index (χ2v) is 4.27. The standard InChI is InChI=1S/C11H10Cl2O2/c1-15-9-5-7-6(10(12)11(9)13)3-2-4-8(7)14/h5H,2-4H2,1H3. The number of ketones is 1. The fourth-order valence-corrected chi connectivity index (χ4v) is 2.38. The van der Waals surface area contributed by atoms with E-state index in [1.807, 2.05) is 0 Å². The molecule has 0 fully saturated rings. The van der Waals surface area contributed by atoms with Crippen molar-refractivity contribution in [2.24, 2.45) is 0 Å². The van der Waals surface area contributed by atoms with Crippen LogP contribution in [0.3, 0.4) is 0 Å². The third kappa shape index (κ3) is 1.72. The van der Waals surface area contributed by atoms with Crippen molar-refractivity contribution in [3.8, 4) is 5.75 Å². The maximum atomic E-state index is 11.7. The lowest BCUT2D eigenvalue weighted by atomic mass is 9.90. The zero-order chi connectivity index (χ0) is 11.0. The number of carbonyl (C=O) groups excluding carboxylic acids is 1. The normalized spacial score (nSPS) is 15.0. The summed E-state index contributed by atoms with van der Waals surface area (Å²) >= 11 is 12.1. The topological polar surface area (TPSA) is 26.3 Å². The van der Waals surface area contributed by atoms with Crippen molar-refractivity contribution in [1.82, 2.24) is 0 Å². The highest BCUT2D eigenvalue weighted by Gasteiger charge is 2.23. The molecule has 80 valence electrons. The van der Waals surface area contributed by atoms with Gasteiger partial charge < -0.3 is 4.74 Å². The van der Waals surface area contributed by atoms with Crippen LogP contribution in [0.4, 0.5) is 0 Å². The van der Waals surface area contributed by atoms with Crippen LogP contribution in [0.25, 0.3) is 0 Å². The first-order chi connectivity index (χ1) is 7.15. The first kappa shape index (κ1) is 10.8. The lowest BCUT2D eigenvalue weighted by molar-refractivity contribution is 0.0972. The van der Waals surface area contributed by atoms with Crippen LogP contribution in [-0.2, 0) is 6.42 Å². The number of ether oxygens (including phenoxy) is 1. The molecule has 2 rings (SSSR count). The smallest absolute Gasteiger partial charge is 0.163 e. The molecule has 0 bridgehead atoms. The van der Waals surface area contributed by atoms with Gasteiger partial charge in [0.25, 0.3) is 0 Å². The Morgan fingerprint density at radius 1 is 1.27 bits per heavy atom. The summed E-state index contributed by atoms with van der Waals surface area (Å²) in [6, 6.07) is 1.69. The van der Waals surface area contributed by atoms with Crippen LogP contribution in [0, 0.1) is 0 Å². The van der Waals surface area contributed by atoms with E-state index in [0.717, 1.165) is 18.4 Å². The number of fused-ring (bicyclic) bond motifs is 1. The van der Waals surface area contributed by atoms with E-state index in [1.165, 1.54) is 7.11 Å². The van der Waals surface area contributed by atoms with E-state index in [2.05, 4.69) is 0 Å². The van der Waals surface area contributed by atoms with Crippen molar-refractivity contribution < 1.29 is 9.53 Å². The van der Waals surface area contributed by atoms with Crippen LogP contribution in [0.2, 0.25) is 10.0 Å². The summed E-state index contributed by atoms with van der Waals surface area (Å²) in [5.74, 6) is 0.587. The molecule has 0 atom stereocenters. The van der Waals surface area contributed by atoms with Crippen LogP contribution in [0.5, 0.6) is 5.75 Å². The molecule has 4 heteroatoms. The second-order valence-electron chi connectivity index (χ2n) is 3.51. The average Bonchev–Trinajstić information content (AvgIpc) is 2.24. The number of Topliss-reactive ketones (excluding diaryl/α,β-unsaturated/α-hetero) is 1. The van der Waals surface area contributed by atoms with E-state index in [-0.39, 0.29) is 5.78 Å². The highest BCUT2D eigenvalue weighted by atomic mass is 35.5. The summed E-state index contributed by atoms with van der Waals surface area (Å²) in [4.78, 5) is 11.7. The number of rotatable bonds is 1. The van der Waals surface area contributed by atoms with Crippen LogP contribution < -0.4 is 4.74 Å². The predicted molar refractivity (Wildman–Crippen MR) is 60.3 cm³/mol. The molecule has 1 aliphatic rings. The molecule has 15 heavy (non-hydrogen) atoms. The summed E-state index contributed by atoms with van der Waals surface area (Å²) in [6.07, 6.45) is 2.23. The third-order valence-electron chi connectivity index (χ3n) is 2.63. The van der Waals surface area contributed by atoms with Gasteiger partial charge in [0.1, 0.15) is 10.8 Å². The van der Waals surface area contributed by atoms with Gasteiger partial charge >= 0.3 is 0 Å². The van der Waals surface area contributed by atoms with E-state index in [1.54, 1.807) is 6.07 Å². The van der Waals surface area contributed by atoms with Gasteiger partial charge in [-0.05, 0) is 24.5 Å². The number of methoxy groups -OCH3 is 1. The molecule has 1 aliphatic carbocycles. The van der Waals surface area contributed by atoms with Gasteiger partial charge in [0, 0.05) is 12.0 Å². The molecule has 0 spiro atoms. The summed E-state index contributed by atoms with van der Waals surface area (Å²) in [7, 11) is 1.51. The number of hydrogen-bond donors (Lipinski definition) is 0. The van der Waals surface area contributed by atoms with Crippen molar-refractivity contribution in [2.75, 3.05) is 7.11 Å². The number of halogens is 2. The van der Waals surface area contributed by atoms with Crippen molar-refractivity contribution in [1.29, 1.82) is 0 Å². The Kier molecular flexibility index (Phi) is 2.89. The Bertz CT molecular complexity index is 427. The minimum Gasteiger partial charge on any atom is -0.495 e. The van der Waals surface area contributed by atoms with Gasteiger partial charge in [-0.2, -0.15) is 0 Å². The van der Waals surface area contributed by atoms with Crippen LogP contribution >= 0.6 is 23.2 Å². The van der Waals surface area contributed by atoms with Gasteiger partial charge in [-0.1, -0.05) is 23.2 Å². The molecule has 0 aromatic heterocycles. The molecule has 1 aromatic carbocycles. The number of carbonyl (C=O) groups is 1. The summed E-state index contributed by atoms with van der Waals surface area (Å²) in [5, 5.41) is 0.853. The molecule has 1 aromatic rings. The summed E-state index contributed by atoms with van der Waals surface area (Å²) in [5.41, 5.74) is 1.52. The molecule has 0 radical (unpaired) electrons. The molecule has 0 saturated heterocycles. The number of benzene rings is 1. The van der Waals surface area contributed by atoms with E-state index in [0.29, 0.717) is 27.8 Å². The molecule has 0 unspecified atom stereocenters. The largest absolute Gasteiger partial charge is 0.495 e. The van der Waals surface area contributed by atoms with E-state index in [9.17, 15) is 4.79 Å². The molecule has 0 heterocycles. The fraction of sp³-hybridized carbons (Fsp3) is 0.364. The van der Waals surface area contributed by atoms with Gasteiger partial charge in [0.2, 0.25) is 0 Å². The monoisotopic (exact) mass is 244 g/mol. The highest BCUT2D eigenvalue weighted by molar-refractivity contribution is 6.43. The minimum absolute atomic E-state index is 0.119. The Balaban J connectivity index is 2.66. The van der Waals surface area contributed by atoms with E-state index in [4.69, 9.17) is 27.9 Å². The SMILES string of the molecule is COc1cc2c(c(Cl)c1Cl)CCCC2=O. The lowest BCUT2D eigenvalue weighted by Gasteiger charge is -2.18. The quantitative estimate of drug-likeness (QED) is 0.756. The van der Waals surface area contributed by atoms with E-state index >= 15 is 0 Å². The highest BCUT2D eigenvalue weighted by Crippen LogP contribution is 2.39. The van der Waals surface area contributed by atoms with Gasteiger partial charge in [-0.15, -0.1) is 0 Å². The summed E-state index contributed by atoms with van der Waals surface area (Å²) < 4.78 is 5.07. The molecule has 2 nitrogen and oxygen atoms in total. The lowest BCUT2D eigenvalue weighted by Crippen LogP contribution is -2.11. The zero-order valence-electron chi connectivity index (χ0n) is 8.27. The van der Waals surface area contributed by atoms with Crippen molar-refractivity contribution >= 4 is 29.0 Å².